The van der Waals surface area contributed by atoms with Crippen molar-refractivity contribution in [1.82, 2.24) is 4.57 Å². The lowest BCUT2D eigenvalue weighted by molar-refractivity contribution is -0.139. The molecular formula is C25H23ClN2O5S. The number of aromatic hydroxyl groups is 1. The Morgan fingerprint density at radius 1 is 1.26 bits per heavy atom. The van der Waals surface area contributed by atoms with Gasteiger partial charge in [-0.15, -0.1) is 0 Å². The third-order valence-electron chi connectivity index (χ3n) is 5.50. The van der Waals surface area contributed by atoms with Gasteiger partial charge >= 0.3 is 5.97 Å². The Balaban J connectivity index is 1.86. The molecule has 0 radical (unpaired) electrons. The number of benzene rings is 2. The predicted octanol–water partition coefficient (Wildman–Crippen LogP) is 3.36. The third-order valence-corrected chi connectivity index (χ3v) is 6.76. The number of carbonyl (C=O) groups is 1. The second-order valence-electron chi connectivity index (χ2n) is 7.61. The Morgan fingerprint density at radius 2 is 2.00 bits per heavy atom. The lowest BCUT2D eigenvalue weighted by atomic mass is 9.96. The summed E-state index contributed by atoms with van der Waals surface area (Å²) in [4.78, 5) is 31.5. The topological polar surface area (TPSA) is 90.1 Å². The number of fused-ring (bicyclic) bond motifs is 1. The molecule has 0 fully saturated rings. The number of aromatic nitrogens is 1. The summed E-state index contributed by atoms with van der Waals surface area (Å²) < 4.78 is 12.5. The van der Waals surface area contributed by atoms with Crippen LogP contribution in [0, 0.1) is 0 Å². The van der Waals surface area contributed by atoms with Crippen molar-refractivity contribution in [3.63, 3.8) is 0 Å². The molecule has 0 saturated heterocycles. The number of nitrogens with zero attached hydrogens (tertiary/aromatic N) is 2. The van der Waals surface area contributed by atoms with Crippen LogP contribution in [0.4, 0.5) is 0 Å². The van der Waals surface area contributed by atoms with E-state index in [0.717, 1.165) is 5.56 Å². The van der Waals surface area contributed by atoms with Crippen LogP contribution >= 0.6 is 22.9 Å². The van der Waals surface area contributed by atoms with Crippen molar-refractivity contribution < 1.29 is 19.4 Å². The molecule has 2 aromatic carbocycles. The van der Waals surface area contributed by atoms with Gasteiger partial charge in [0.05, 0.1) is 35.6 Å². The van der Waals surface area contributed by atoms with Crippen LogP contribution in [0.2, 0.25) is 5.02 Å². The van der Waals surface area contributed by atoms with E-state index >= 15 is 0 Å². The van der Waals surface area contributed by atoms with E-state index in [9.17, 15) is 14.7 Å². The standard InChI is InChI=1S/C25H23ClN2O5S/c1-4-33-24(31)21-14(2)27-25-28(22(21)15-5-9-18(32-3)10-6-15)23(30)20(34-25)12-7-16-13-17(26)8-11-19(16)29/h5-6,8-13,22,29H,4,7H2,1-3H3/t22-/m0/s1. The van der Waals surface area contributed by atoms with Crippen LogP contribution < -0.4 is 19.6 Å². The van der Waals surface area contributed by atoms with Gasteiger partial charge in [-0.3, -0.25) is 9.36 Å². The van der Waals surface area contributed by atoms with E-state index in [2.05, 4.69) is 4.99 Å². The minimum Gasteiger partial charge on any atom is -0.508 e. The average Bonchev–Trinajstić information content (AvgIpc) is 3.13. The monoisotopic (exact) mass is 498 g/mol. The highest BCUT2D eigenvalue weighted by molar-refractivity contribution is 7.07. The van der Waals surface area contributed by atoms with Crippen LogP contribution in [0.25, 0.3) is 6.08 Å². The molecule has 0 aliphatic carbocycles. The van der Waals surface area contributed by atoms with Crippen molar-refractivity contribution in [1.29, 1.82) is 0 Å². The van der Waals surface area contributed by atoms with Crippen LogP contribution in [0.1, 0.15) is 31.0 Å². The largest absolute Gasteiger partial charge is 0.508 e. The molecule has 1 aliphatic heterocycles. The number of carbonyl (C=O) groups excluding carboxylic acids is 1. The van der Waals surface area contributed by atoms with Crippen LogP contribution in [0.15, 0.2) is 63.5 Å². The summed E-state index contributed by atoms with van der Waals surface area (Å²) in [6.07, 6.45) is 2.05. The highest BCUT2D eigenvalue weighted by Gasteiger charge is 2.33. The van der Waals surface area contributed by atoms with Crippen molar-refractivity contribution in [2.45, 2.75) is 26.3 Å². The number of rotatable bonds is 6. The summed E-state index contributed by atoms with van der Waals surface area (Å²) in [6.45, 7) is 3.68. The maximum atomic E-state index is 13.5. The molecule has 1 N–H and O–H groups in total. The van der Waals surface area contributed by atoms with Gasteiger partial charge in [0, 0.05) is 5.02 Å². The molecule has 0 amide bonds. The first-order valence-electron chi connectivity index (χ1n) is 10.6. The molecule has 3 aromatic rings. The van der Waals surface area contributed by atoms with Crippen LogP contribution in [-0.4, -0.2) is 29.4 Å². The molecule has 0 bridgehead atoms. The van der Waals surface area contributed by atoms with Gasteiger partial charge in [-0.1, -0.05) is 41.1 Å². The van der Waals surface area contributed by atoms with Crippen molar-refractivity contribution in [3.8, 4) is 11.5 Å². The first-order chi connectivity index (χ1) is 16.3. The molecule has 0 unspecified atom stereocenters. The zero-order valence-electron chi connectivity index (χ0n) is 18.9. The average molecular weight is 499 g/mol. The molecule has 9 heteroatoms. The smallest absolute Gasteiger partial charge is 0.338 e. The molecule has 0 spiro atoms. The summed E-state index contributed by atoms with van der Waals surface area (Å²) >= 11 is 7.28. The fourth-order valence-electron chi connectivity index (χ4n) is 3.85. The highest BCUT2D eigenvalue weighted by atomic mass is 35.5. The van der Waals surface area contributed by atoms with Gasteiger partial charge in [0.25, 0.3) is 5.56 Å². The van der Waals surface area contributed by atoms with Gasteiger partial charge in [-0.25, -0.2) is 9.79 Å². The van der Waals surface area contributed by atoms with E-state index in [1.165, 1.54) is 22.0 Å². The van der Waals surface area contributed by atoms with Crippen molar-refractivity contribution >= 4 is 35.0 Å². The molecule has 1 aliphatic rings. The van der Waals surface area contributed by atoms with Crippen molar-refractivity contribution in [2.24, 2.45) is 4.99 Å². The summed E-state index contributed by atoms with van der Waals surface area (Å²) in [5.41, 5.74) is 1.88. The third kappa shape index (κ3) is 4.51. The number of halogens is 1. The Kier molecular flexibility index (Phi) is 6.90. The number of phenolic OH excluding ortho intramolecular Hbond substituents is 1. The van der Waals surface area contributed by atoms with Crippen molar-refractivity contribution in [3.05, 3.63) is 89.6 Å². The molecule has 34 heavy (non-hydrogen) atoms. The second kappa shape index (κ2) is 9.87. The number of esters is 1. The van der Waals surface area contributed by atoms with Crippen LogP contribution in [0.5, 0.6) is 11.5 Å². The van der Waals surface area contributed by atoms with E-state index < -0.39 is 12.0 Å². The van der Waals surface area contributed by atoms with E-state index in [1.54, 1.807) is 51.3 Å². The summed E-state index contributed by atoms with van der Waals surface area (Å²) in [5, 5.41) is 10.6. The number of hydrogen-bond donors (Lipinski definition) is 1. The molecule has 0 saturated carbocycles. The Morgan fingerprint density at radius 3 is 2.68 bits per heavy atom. The maximum Gasteiger partial charge on any atom is 0.338 e. The molecule has 4 rings (SSSR count). The van der Waals surface area contributed by atoms with E-state index in [0.29, 0.717) is 43.4 Å². The summed E-state index contributed by atoms with van der Waals surface area (Å²) in [5.74, 6) is 0.253. The Labute approximate surface area is 204 Å². The van der Waals surface area contributed by atoms with Gasteiger partial charge in [0.2, 0.25) is 0 Å². The minimum atomic E-state index is -0.692. The van der Waals surface area contributed by atoms with Gasteiger partial charge in [0.15, 0.2) is 4.80 Å². The number of ether oxygens (including phenoxy) is 2. The highest BCUT2D eigenvalue weighted by Crippen LogP contribution is 2.31. The summed E-state index contributed by atoms with van der Waals surface area (Å²) in [7, 11) is 1.57. The number of thiazole rings is 1. The normalized spacial score (nSPS) is 15.6. The zero-order valence-corrected chi connectivity index (χ0v) is 20.4. The lowest BCUT2D eigenvalue weighted by Gasteiger charge is -2.24. The van der Waals surface area contributed by atoms with E-state index in [4.69, 9.17) is 21.1 Å². The minimum absolute atomic E-state index is 0.102. The fourth-order valence-corrected chi connectivity index (χ4v) is 5.06. The molecule has 7 nitrogen and oxygen atoms in total. The first-order valence-corrected chi connectivity index (χ1v) is 11.8. The Bertz CT molecular complexity index is 1450. The number of methoxy groups -OCH3 is 1. The summed E-state index contributed by atoms with van der Waals surface area (Å²) in [6, 6.07) is 11.3. The zero-order chi connectivity index (χ0) is 24.4. The molecule has 2 heterocycles. The SMILES string of the molecule is CCOC(=O)C1=C(C)N=c2sc(=CCc3cc(Cl)ccc3O)c(=O)n2[C@H]1c1ccc(OC)cc1. The quantitative estimate of drug-likeness (QED) is 0.526. The van der Waals surface area contributed by atoms with Crippen molar-refractivity contribution in [2.75, 3.05) is 13.7 Å². The molecule has 1 atom stereocenters. The van der Waals surface area contributed by atoms with Crippen LogP contribution in [-0.2, 0) is 16.0 Å². The fraction of sp³-hybridized carbons (Fsp3) is 0.240. The molecule has 176 valence electrons. The Hall–Kier alpha value is -3.36. The van der Waals surface area contributed by atoms with Gasteiger partial charge in [-0.05, 0) is 61.7 Å². The van der Waals surface area contributed by atoms with Gasteiger partial charge in [-0.2, -0.15) is 0 Å². The predicted molar refractivity (Wildman–Crippen MR) is 131 cm³/mol. The van der Waals surface area contributed by atoms with Gasteiger partial charge < -0.3 is 14.6 Å². The second-order valence-corrected chi connectivity index (χ2v) is 9.06. The molecular weight excluding hydrogens is 476 g/mol. The number of allylic oxidation sites excluding steroid dienone is 1. The van der Waals surface area contributed by atoms with E-state index in [1.807, 2.05) is 12.1 Å². The number of phenols is 1. The lowest BCUT2D eigenvalue weighted by Crippen LogP contribution is -2.39. The van der Waals surface area contributed by atoms with Crippen LogP contribution in [0.3, 0.4) is 0 Å². The van der Waals surface area contributed by atoms with Gasteiger partial charge in [0.1, 0.15) is 11.5 Å². The first kappa shape index (κ1) is 23.8. The molecule has 1 aromatic heterocycles. The van der Waals surface area contributed by atoms with E-state index in [-0.39, 0.29) is 17.9 Å². The number of hydrogen-bond acceptors (Lipinski definition) is 7. The maximum absolute atomic E-state index is 13.5.